The highest BCUT2D eigenvalue weighted by Gasteiger charge is 2.29. The second kappa shape index (κ2) is 12.5. The summed E-state index contributed by atoms with van der Waals surface area (Å²) in [4.78, 5) is 20.1. The van der Waals surface area contributed by atoms with Crippen LogP contribution >= 0.6 is 0 Å². The van der Waals surface area contributed by atoms with Crippen LogP contribution in [0.5, 0.6) is 5.75 Å². The van der Waals surface area contributed by atoms with Gasteiger partial charge in [0.25, 0.3) is 0 Å². The zero-order chi connectivity index (χ0) is 29.9. The number of sulfonamides is 1. The maximum absolute atomic E-state index is 13.2. The number of piperidine rings is 1. The van der Waals surface area contributed by atoms with Crippen molar-refractivity contribution in [2.75, 3.05) is 51.8 Å². The van der Waals surface area contributed by atoms with Crippen LogP contribution in [0.25, 0.3) is 11.4 Å². The Morgan fingerprint density at radius 1 is 1.05 bits per heavy atom. The predicted molar refractivity (Wildman–Crippen MR) is 158 cm³/mol. The van der Waals surface area contributed by atoms with Gasteiger partial charge in [-0.1, -0.05) is 50.2 Å². The van der Waals surface area contributed by atoms with E-state index in [0.29, 0.717) is 81.9 Å². The fourth-order valence-corrected chi connectivity index (χ4v) is 6.65. The first-order valence-corrected chi connectivity index (χ1v) is 15.7. The maximum Gasteiger partial charge on any atom is 0.243 e. The molecule has 0 unspecified atom stereocenters. The van der Waals surface area contributed by atoms with Crippen molar-refractivity contribution in [2.45, 2.75) is 50.5 Å². The highest BCUT2D eigenvalue weighted by molar-refractivity contribution is 7.89. The van der Waals surface area contributed by atoms with E-state index in [-0.39, 0.29) is 22.1 Å². The highest BCUT2D eigenvalue weighted by atomic mass is 32.2. The maximum atomic E-state index is 13.2. The van der Waals surface area contributed by atoms with E-state index in [9.17, 15) is 13.2 Å². The molecular weight excluding hydrogens is 558 g/mol. The van der Waals surface area contributed by atoms with Gasteiger partial charge in [-0.05, 0) is 55.1 Å². The molecule has 0 saturated carbocycles. The lowest BCUT2D eigenvalue weighted by atomic mass is 9.87. The number of carbonyl (C=O) groups excluding carboxylic acids is 1. The molecule has 2 saturated heterocycles. The van der Waals surface area contributed by atoms with Gasteiger partial charge in [0.2, 0.25) is 27.6 Å². The molecule has 1 aromatic heterocycles. The molecule has 226 valence electrons. The zero-order valence-electron chi connectivity index (χ0n) is 24.6. The fourth-order valence-electron chi connectivity index (χ4n) is 5.22. The molecule has 2 fully saturated rings. The summed E-state index contributed by atoms with van der Waals surface area (Å²) in [5, 5.41) is 7.08. The van der Waals surface area contributed by atoms with E-state index in [0.717, 1.165) is 5.56 Å². The number of carbonyl (C=O) groups is 1. The van der Waals surface area contributed by atoms with Crippen molar-refractivity contribution < 1.29 is 27.2 Å². The number of methoxy groups -OCH3 is 1. The van der Waals surface area contributed by atoms with Crippen molar-refractivity contribution in [3.05, 3.63) is 53.9 Å². The first kappa shape index (κ1) is 30.1. The van der Waals surface area contributed by atoms with Gasteiger partial charge in [-0.3, -0.25) is 9.69 Å². The van der Waals surface area contributed by atoms with E-state index in [4.69, 9.17) is 14.0 Å². The second-order valence-electron chi connectivity index (χ2n) is 11.8. The molecule has 2 aliphatic heterocycles. The van der Waals surface area contributed by atoms with Gasteiger partial charge < -0.3 is 19.3 Å². The number of rotatable bonds is 8. The molecule has 5 rings (SSSR count). The molecule has 42 heavy (non-hydrogen) atoms. The van der Waals surface area contributed by atoms with Crippen LogP contribution in [-0.2, 0) is 31.5 Å². The molecule has 1 amide bonds. The molecular formula is C30H39N5O6S. The topological polar surface area (TPSA) is 127 Å². The number of amides is 1. The van der Waals surface area contributed by atoms with Gasteiger partial charge in [0.15, 0.2) is 0 Å². The lowest BCUT2D eigenvalue weighted by Gasteiger charge is -2.30. The van der Waals surface area contributed by atoms with Crippen molar-refractivity contribution in [2.24, 2.45) is 5.92 Å². The summed E-state index contributed by atoms with van der Waals surface area (Å²) in [6.07, 6.45) is 1.30. The molecule has 0 spiro atoms. The molecule has 2 aliphatic rings. The number of nitrogens with one attached hydrogen (secondary N) is 1. The minimum atomic E-state index is -3.71. The molecule has 0 aliphatic carbocycles. The third-order valence-electron chi connectivity index (χ3n) is 7.83. The number of anilines is 1. The first-order chi connectivity index (χ1) is 20.0. The van der Waals surface area contributed by atoms with E-state index < -0.39 is 10.0 Å². The van der Waals surface area contributed by atoms with Gasteiger partial charge in [0.1, 0.15) is 5.75 Å². The number of hydrogen-bond donors (Lipinski definition) is 1. The molecule has 0 bridgehead atoms. The molecule has 12 heteroatoms. The normalized spacial score (nSPS) is 17.7. The Morgan fingerprint density at radius 3 is 2.38 bits per heavy atom. The lowest BCUT2D eigenvalue weighted by molar-refractivity contribution is -0.121. The minimum absolute atomic E-state index is 0.0732. The number of nitrogens with zero attached hydrogens (tertiary/aromatic N) is 4. The summed E-state index contributed by atoms with van der Waals surface area (Å²) in [7, 11) is -2.22. The predicted octanol–water partition coefficient (Wildman–Crippen LogP) is 3.91. The van der Waals surface area contributed by atoms with Crippen molar-refractivity contribution in [3.63, 3.8) is 0 Å². The van der Waals surface area contributed by atoms with Crippen LogP contribution in [0.4, 0.5) is 5.69 Å². The van der Waals surface area contributed by atoms with Crippen LogP contribution in [-0.4, -0.2) is 80.2 Å². The zero-order valence-corrected chi connectivity index (χ0v) is 25.4. The number of benzene rings is 2. The van der Waals surface area contributed by atoms with Gasteiger partial charge in [0.05, 0.1) is 37.5 Å². The smallest absolute Gasteiger partial charge is 0.243 e. The third kappa shape index (κ3) is 6.83. The summed E-state index contributed by atoms with van der Waals surface area (Å²) in [5.41, 5.74) is 2.56. The number of aromatic nitrogens is 2. The SMILES string of the molecule is COc1ccc(S(=O)(=O)N2CCOCC2)cc1NC(=O)C1CCN(Cc2nc(-c3ccc(C(C)(C)C)cc3)no2)CC1. The number of likely N-dealkylation sites (tertiary alicyclic amines) is 1. The van der Waals surface area contributed by atoms with E-state index in [2.05, 4.69) is 53.3 Å². The minimum Gasteiger partial charge on any atom is -0.495 e. The van der Waals surface area contributed by atoms with E-state index >= 15 is 0 Å². The monoisotopic (exact) mass is 597 g/mol. The number of ether oxygens (including phenoxy) is 2. The Hall–Kier alpha value is -3.32. The standard InChI is InChI=1S/C30H39N5O6S/c1-30(2,3)23-7-5-21(6-8-23)28-32-27(41-33-28)20-34-13-11-22(12-14-34)29(36)31-25-19-24(9-10-26(25)39-4)42(37,38)35-15-17-40-18-16-35/h5-10,19,22H,11-18,20H2,1-4H3,(H,31,36). The van der Waals surface area contributed by atoms with Crippen LogP contribution < -0.4 is 10.1 Å². The lowest BCUT2D eigenvalue weighted by Crippen LogP contribution is -2.40. The average molecular weight is 598 g/mol. The van der Waals surface area contributed by atoms with Gasteiger partial charge in [0, 0.05) is 24.6 Å². The Bertz CT molecular complexity index is 1490. The van der Waals surface area contributed by atoms with Crippen LogP contribution in [0.3, 0.4) is 0 Å². The molecule has 0 radical (unpaired) electrons. The van der Waals surface area contributed by atoms with E-state index in [1.807, 2.05) is 12.1 Å². The molecule has 3 heterocycles. The van der Waals surface area contributed by atoms with Crippen LogP contribution in [0.1, 0.15) is 45.1 Å². The molecule has 0 atom stereocenters. The van der Waals surface area contributed by atoms with Crippen LogP contribution in [0.15, 0.2) is 51.9 Å². The Kier molecular flexibility index (Phi) is 8.97. The average Bonchev–Trinajstić information content (AvgIpc) is 3.46. The quantitative estimate of drug-likeness (QED) is 0.411. The van der Waals surface area contributed by atoms with Crippen molar-refractivity contribution in [1.29, 1.82) is 0 Å². The second-order valence-corrected chi connectivity index (χ2v) is 13.7. The Balaban J connectivity index is 1.17. The highest BCUT2D eigenvalue weighted by Crippen LogP contribution is 2.31. The first-order valence-electron chi connectivity index (χ1n) is 14.3. The molecule has 11 nitrogen and oxygen atoms in total. The molecule has 3 aromatic rings. The molecule has 1 N–H and O–H groups in total. The van der Waals surface area contributed by atoms with E-state index in [1.165, 1.54) is 29.1 Å². The summed E-state index contributed by atoms with van der Waals surface area (Å²) in [5.74, 6) is 1.13. The molecule has 2 aromatic carbocycles. The third-order valence-corrected chi connectivity index (χ3v) is 9.73. The van der Waals surface area contributed by atoms with Gasteiger partial charge >= 0.3 is 0 Å². The van der Waals surface area contributed by atoms with Crippen LogP contribution in [0, 0.1) is 5.92 Å². The summed E-state index contributed by atoms with van der Waals surface area (Å²) in [6, 6.07) is 12.8. The fraction of sp³-hybridized carbons (Fsp3) is 0.500. The Labute approximate surface area is 247 Å². The van der Waals surface area contributed by atoms with Crippen molar-refractivity contribution in [3.8, 4) is 17.1 Å². The van der Waals surface area contributed by atoms with E-state index in [1.54, 1.807) is 6.07 Å². The Morgan fingerprint density at radius 2 is 1.74 bits per heavy atom. The number of hydrogen-bond acceptors (Lipinski definition) is 9. The van der Waals surface area contributed by atoms with Crippen molar-refractivity contribution >= 4 is 21.6 Å². The van der Waals surface area contributed by atoms with Crippen LogP contribution in [0.2, 0.25) is 0 Å². The van der Waals surface area contributed by atoms with Crippen molar-refractivity contribution in [1.82, 2.24) is 19.3 Å². The van der Waals surface area contributed by atoms with Gasteiger partial charge in [-0.2, -0.15) is 9.29 Å². The number of morpholine rings is 1. The summed E-state index contributed by atoms with van der Waals surface area (Å²) >= 11 is 0. The van der Waals surface area contributed by atoms with Gasteiger partial charge in [-0.15, -0.1) is 0 Å². The largest absolute Gasteiger partial charge is 0.495 e. The summed E-state index contributed by atoms with van der Waals surface area (Å²) < 4.78 is 43.9. The summed E-state index contributed by atoms with van der Waals surface area (Å²) in [6.45, 7) is 9.73. The van der Waals surface area contributed by atoms with Gasteiger partial charge in [-0.25, -0.2) is 8.42 Å².